The van der Waals surface area contributed by atoms with Crippen molar-refractivity contribution in [1.82, 2.24) is 0 Å². The van der Waals surface area contributed by atoms with Gasteiger partial charge in [0.25, 0.3) is 0 Å². The second-order valence-corrected chi connectivity index (χ2v) is 5.03. The van der Waals surface area contributed by atoms with E-state index in [0.717, 1.165) is 5.56 Å². The van der Waals surface area contributed by atoms with Gasteiger partial charge in [0, 0.05) is 6.08 Å². The summed E-state index contributed by atoms with van der Waals surface area (Å²) in [6.45, 7) is 1.90. The number of hydrogen-bond acceptors (Lipinski definition) is 5. The van der Waals surface area contributed by atoms with Crippen molar-refractivity contribution in [1.29, 1.82) is 0 Å². The summed E-state index contributed by atoms with van der Waals surface area (Å²) in [6, 6.07) is 12.1. The van der Waals surface area contributed by atoms with Gasteiger partial charge in [-0.3, -0.25) is 0 Å². The van der Waals surface area contributed by atoms with Gasteiger partial charge < -0.3 is 14.2 Å². The molecule has 0 N–H and O–H groups in total. The van der Waals surface area contributed by atoms with Crippen molar-refractivity contribution in [3.8, 4) is 11.5 Å². The number of aryl methyl sites for hydroxylation is 1. The van der Waals surface area contributed by atoms with Crippen LogP contribution in [0, 0.1) is 6.92 Å². The van der Waals surface area contributed by atoms with E-state index in [-0.39, 0.29) is 0 Å². The molecule has 0 fully saturated rings. The van der Waals surface area contributed by atoms with Gasteiger partial charge in [0.05, 0.1) is 19.8 Å². The Morgan fingerprint density at radius 3 is 2.46 bits per heavy atom. The number of carbonyl (C=O) groups is 2. The van der Waals surface area contributed by atoms with Crippen LogP contribution >= 0.6 is 0 Å². The van der Waals surface area contributed by atoms with Gasteiger partial charge in [0.15, 0.2) is 11.5 Å². The van der Waals surface area contributed by atoms with Gasteiger partial charge in [-0.2, -0.15) is 0 Å². The molecule has 0 amide bonds. The molecule has 0 radical (unpaired) electrons. The van der Waals surface area contributed by atoms with Gasteiger partial charge in [-0.1, -0.05) is 23.8 Å². The Hall–Kier alpha value is -3.08. The molecular weight excluding hydrogens is 308 g/mol. The molecule has 0 aliphatic carbocycles. The number of esters is 2. The SMILES string of the molecule is COC(=O)/C=C/c1ccc(OC(=O)c2cccc(C)c2)c(OC)c1. The molecule has 124 valence electrons. The normalized spacial score (nSPS) is 10.5. The van der Waals surface area contributed by atoms with Gasteiger partial charge >= 0.3 is 11.9 Å². The van der Waals surface area contributed by atoms with Crippen molar-refractivity contribution >= 4 is 18.0 Å². The van der Waals surface area contributed by atoms with Crippen LogP contribution < -0.4 is 9.47 Å². The predicted molar refractivity (Wildman–Crippen MR) is 90.2 cm³/mol. The maximum absolute atomic E-state index is 12.2. The summed E-state index contributed by atoms with van der Waals surface area (Å²) in [7, 11) is 2.79. The topological polar surface area (TPSA) is 61.8 Å². The lowest BCUT2D eigenvalue weighted by molar-refractivity contribution is -0.134. The lowest BCUT2D eigenvalue weighted by Crippen LogP contribution is -2.09. The fourth-order valence-electron chi connectivity index (χ4n) is 2.04. The zero-order valence-corrected chi connectivity index (χ0v) is 13.7. The number of rotatable bonds is 5. The van der Waals surface area contributed by atoms with E-state index in [2.05, 4.69) is 4.74 Å². The Morgan fingerprint density at radius 1 is 1.00 bits per heavy atom. The van der Waals surface area contributed by atoms with Gasteiger partial charge in [0.2, 0.25) is 0 Å². The predicted octanol–water partition coefficient (Wildman–Crippen LogP) is 3.41. The minimum absolute atomic E-state index is 0.305. The molecule has 24 heavy (non-hydrogen) atoms. The van der Waals surface area contributed by atoms with Crippen molar-refractivity contribution < 1.29 is 23.8 Å². The molecule has 0 bridgehead atoms. The molecular formula is C19H18O5. The monoisotopic (exact) mass is 326 g/mol. The smallest absolute Gasteiger partial charge is 0.343 e. The van der Waals surface area contributed by atoms with E-state index in [0.29, 0.717) is 22.6 Å². The van der Waals surface area contributed by atoms with E-state index >= 15 is 0 Å². The second-order valence-electron chi connectivity index (χ2n) is 5.03. The Morgan fingerprint density at radius 2 is 1.79 bits per heavy atom. The zero-order valence-electron chi connectivity index (χ0n) is 13.7. The highest BCUT2D eigenvalue weighted by molar-refractivity contribution is 5.91. The van der Waals surface area contributed by atoms with Gasteiger partial charge in [-0.05, 0) is 42.8 Å². The molecule has 0 aromatic heterocycles. The first kappa shape index (κ1) is 17.3. The fraction of sp³-hybridized carbons (Fsp3) is 0.158. The van der Waals surface area contributed by atoms with Gasteiger partial charge in [-0.15, -0.1) is 0 Å². The first-order valence-electron chi connectivity index (χ1n) is 7.26. The standard InChI is InChI=1S/C19H18O5/c1-13-5-4-6-15(11-13)19(21)24-16-9-7-14(12-17(16)22-2)8-10-18(20)23-3/h4-12H,1-3H3/b10-8+. The summed E-state index contributed by atoms with van der Waals surface area (Å²) >= 11 is 0. The Bertz CT molecular complexity index is 777. The average Bonchev–Trinajstić information content (AvgIpc) is 2.60. The van der Waals surface area contributed by atoms with Crippen LogP contribution in [0.15, 0.2) is 48.5 Å². The van der Waals surface area contributed by atoms with Crippen molar-refractivity contribution in [2.45, 2.75) is 6.92 Å². The van der Waals surface area contributed by atoms with E-state index in [9.17, 15) is 9.59 Å². The summed E-state index contributed by atoms with van der Waals surface area (Å²) in [5.41, 5.74) is 2.15. The van der Waals surface area contributed by atoms with E-state index in [4.69, 9.17) is 9.47 Å². The quantitative estimate of drug-likeness (QED) is 0.479. The average molecular weight is 326 g/mol. The van der Waals surface area contributed by atoms with E-state index in [1.807, 2.05) is 13.0 Å². The van der Waals surface area contributed by atoms with Gasteiger partial charge in [-0.25, -0.2) is 9.59 Å². The van der Waals surface area contributed by atoms with Gasteiger partial charge in [0.1, 0.15) is 0 Å². The first-order valence-corrected chi connectivity index (χ1v) is 7.26. The lowest BCUT2D eigenvalue weighted by Gasteiger charge is -2.10. The fourth-order valence-corrected chi connectivity index (χ4v) is 2.04. The van der Waals surface area contributed by atoms with Crippen LogP contribution in [-0.2, 0) is 9.53 Å². The number of ether oxygens (including phenoxy) is 3. The largest absolute Gasteiger partial charge is 0.493 e. The number of benzene rings is 2. The van der Waals surface area contributed by atoms with E-state index in [1.165, 1.54) is 20.3 Å². The molecule has 2 rings (SSSR count). The van der Waals surface area contributed by atoms with Crippen LogP contribution in [0.4, 0.5) is 0 Å². The van der Waals surface area contributed by atoms with E-state index < -0.39 is 11.9 Å². The number of hydrogen-bond donors (Lipinski definition) is 0. The molecule has 5 nitrogen and oxygen atoms in total. The highest BCUT2D eigenvalue weighted by atomic mass is 16.6. The third kappa shape index (κ3) is 4.46. The maximum Gasteiger partial charge on any atom is 0.343 e. The van der Waals surface area contributed by atoms with Crippen LogP contribution in [0.5, 0.6) is 11.5 Å². The molecule has 0 atom stereocenters. The summed E-state index contributed by atoms with van der Waals surface area (Å²) < 4.78 is 15.2. The van der Waals surface area contributed by atoms with Crippen LogP contribution in [0.2, 0.25) is 0 Å². The molecule has 2 aromatic rings. The van der Waals surface area contributed by atoms with Crippen molar-refractivity contribution in [3.05, 3.63) is 65.2 Å². The first-order chi connectivity index (χ1) is 11.5. The Balaban J connectivity index is 2.20. The van der Waals surface area contributed by atoms with Crippen molar-refractivity contribution in [3.63, 3.8) is 0 Å². The molecule has 0 unspecified atom stereocenters. The molecule has 0 aliphatic rings. The molecule has 5 heteroatoms. The number of carbonyl (C=O) groups excluding carboxylic acids is 2. The van der Waals surface area contributed by atoms with Crippen LogP contribution in [-0.4, -0.2) is 26.2 Å². The Labute approximate surface area is 140 Å². The minimum atomic E-state index is -0.463. The second kappa shape index (κ2) is 7.97. The third-order valence-electron chi connectivity index (χ3n) is 3.26. The summed E-state index contributed by atoms with van der Waals surface area (Å²) in [6.07, 6.45) is 2.88. The molecule has 0 heterocycles. The minimum Gasteiger partial charge on any atom is -0.493 e. The molecule has 0 saturated carbocycles. The number of methoxy groups -OCH3 is 2. The molecule has 0 saturated heterocycles. The molecule has 2 aromatic carbocycles. The third-order valence-corrected chi connectivity index (χ3v) is 3.26. The summed E-state index contributed by atoms with van der Waals surface area (Å²) in [4.78, 5) is 23.3. The summed E-state index contributed by atoms with van der Waals surface area (Å²) in [5.74, 6) is -0.221. The van der Waals surface area contributed by atoms with Crippen molar-refractivity contribution in [2.24, 2.45) is 0 Å². The van der Waals surface area contributed by atoms with Crippen LogP contribution in [0.3, 0.4) is 0 Å². The van der Waals surface area contributed by atoms with Crippen LogP contribution in [0.1, 0.15) is 21.5 Å². The lowest BCUT2D eigenvalue weighted by atomic mass is 10.1. The zero-order chi connectivity index (χ0) is 17.5. The maximum atomic E-state index is 12.2. The van der Waals surface area contributed by atoms with Crippen LogP contribution in [0.25, 0.3) is 6.08 Å². The highest BCUT2D eigenvalue weighted by Crippen LogP contribution is 2.29. The Kier molecular flexibility index (Phi) is 5.73. The molecule has 0 aliphatic heterocycles. The summed E-state index contributed by atoms with van der Waals surface area (Å²) in [5, 5.41) is 0. The highest BCUT2D eigenvalue weighted by Gasteiger charge is 2.12. The van der Waals surface area contributed by atoms with E-state index in [1.54, 1.807) is 42.5 Å². The molecule has 0 spiro atoms. The van der Waals surface area contributed by atoms with Crippen molar-refractivity contribution in [2.75, 3.05) is 14.2 Å².